The van der Waals surface area contributed by atoms with Gasteiger partial charge in [-0.05, 0) is 11.6 Å². The highest BCUT2D eigenvalue weighted by atomic mass is 79.9. The molecule has 0 unspecified atom stereocenters. The number of hydrogen-bond donors (Lipinski definition) is 2. The minimum atomic E-state index is -0.511. The zero-order valence-electron chi connectivity index (χ0n) is 10.8. The maximum atomic E-state index is 12.2. The molecule has 1 amide bonds. The standard InChI is InChI=1S/C14H13BrN2O3/c1-17(8-9-4-2-3-5-11(9)15)14(20)10-6-12(18)16-13(19)7-10/h2-7H,8H2,1H3,(H2,16,18,19). The van der Waals surface area contributed by atoms with Crippen molar-refractivity contribution >= 4 is 21.8 Å². The van der Waals surface area contributed by atoms with Gasteiger partial charge in [0.2, 0.25) is 0 Å². The average Bonchev–Trinajstić information content (AvgIpc) is 2.39. The first-order chi connectivity index (χ1) is 9.47. The molecule has 0 saturated heterocycles. The molecule has 5 nitrogen and oxygen atoms in total. The first-order valence-electron chi connectivity index (χ1n) is 5.89. The number of nitrogens with one attached hydrogen (secondary N) is 1. The van der Waals surface area contributed by atoms with Gasteiger partial charge in [-0.2, -0.15) is 0 Å². The molecular formula is C14H13BrN2O3. The first-order valence-corrected chi connectivity index (χ1v) is 6.69. The second kappa shape index (κ2) is 5.92. The summed E-state index contributed by atoms with van der Waals surface area (Å²) in [6.07, 6.45) is 0. The Morgan fingerprint density at radius 1 is 1.35 bits per heavy atom. The van der Waals surface area contributed by atoms with E-state index in [1.807, 2.05) is 24.3 Å². The maximum absolute atomic E-state index is 12.2. The number of aromatic nitrogens is 1. The summed E-state index contributed by atoms with van der Waals surface area (Å²) in [4.78, 5) is 27.1. The van der Waals surface area contributed by atoms with Crippen LogP contribution >= 0.6 is 15.9 Å². The molecule has 0 bridgehead atoms. The number of aromatic amines is 1. The highest BCUT2D eigenvalue weighted by molar-refractivity contribution is 9.10. The predicted octanol–water partition coefficient (Wildman–Crippen LogP) is 2.12. The van der Waals surface area contributed by atoms with Crippen LogP contribution in [-0.2, 0) is 6.54 Å². The molecule has 0 aliphatic carbocycles. The van der Waals surface area contributed by atoms with Gasteiger partial charge in [-0.1, -0.05) is 34.1 Å². The topological polar surface area (TPSA) is 73.4 Å². The van der Waals surface area contributed by atoms with Gasteiger partial charge in [0.1, 0.15) is 0 Å². The molecule has 2 aromatic rings. The maximum Gasteiger partial charge on any atom is 0.254 e. The average molecular weight is 337 g/mol. The SMILES string of the molecule is CN(Cc1ccccc1Br)C(=O)c1cc(O)[nH]c(=O)c1. The quantitative estimate of drug-likeness (QED) is 0.901. The molecule has 0 atom stereocenters. The van der Waals surface area contributed by atoms with Crippen molar-refractivity contribution in [1.82, 2.24) is 9.88 Å². The van der Waals surface area contributed by atoms with Gasteiger partial charge >= 0.3 is 0 Å². The van der Waals surface area contributed by atoms with E-state index in [1.165, 1.54) is 17.0 Å². The summed E-state index contributed by atoms with van der Waals surface area (Å²) in [6, 6.07) is 9.98. The Morgan fingerprint density at radius 2 is 2.05 bits per heavy atom. The highest BCUT2D eigenvalue weighted by Crippen LogP contribution is 2.18. The molecule has 1 heterocycles. The number of rotatable bonds is 3. The first kappa shape index (κ1) is 14.3. The van der Waals surface area contributed by atoms with Crippen LogP contribution in [0.2, 0.25) is 0 Å². The minimum absolute atomic E-state index is 0.154. The van der Waals surface area contributed by atoms with E-state index in [-0.39, 0.29) is 17.4 Å². The second-order valence-corrected chi connectivity index (χ2v) is 5.23. The number of carbonyl (C=O) groups excluding carboxylic acids is 1. The Balaban J connectivity index is 2.21. The molecule has 0 aliphatic rings. The molecular weight excluding hydrogens is 324 g/mol. The van der Waals surface area contributed by atoms with E-state index in [1.54, 1.807) is 7.05 Å². The number of hydrogen-bond acceptors (Lipinski definition) is 3. The summed E-state index contributed by atoms with van der Waals surface area (Å²) >= 11 is 3.42. The zero-order chi connectivity index (χ0) is 14.7. The number of benzene rings is 1. The molecule has 2 N–H and O–H groups in total. The van der Waals surface area contributed by atoms with E-state index in [4.69, 9.17) is 0 Å². The third kappa shape index (κ3) is 3.27. The van der Waals surface area contributed by atoms with Crippen molar-refractivity contribution in [2.75, 3.05) is 7.05 Å². The van der Waals surface area contributed by atoms with Crippen molar-refractivity contribution in [1.29, 1.82) is 0 Å². The van der Waals surface area contributed by atoms with Crippen molar-refractivity contribution < 1.29 is 9.90 Å². The number of nitrogens with zero attached hydrogens (tertiary/aromatic N) is 1. The van der Waals surface area contributed by atoms with Gasteiger partial charge in [-0.3, -0.25) is 14.6 Å². The van der Waals surface area contributed by atoms with E-state index in [9.17, 15) is 14.7 Å². The number of halogens is 1. The van der Waals surface area contributed by atoms with Crippen molar-refractivity contribution in [3.05, 3.63) is 62.4 Å². The van der Waals surface area contributed by atoms with Crippen LogP contribution in [0.1, 0.15) is 15.9 Å². The van der Waals surface area contributed by atoms with Crippen LogP contribution in [0.15, 0.2) is 45.7 Å². The van der Waals surface area contributed by atoms with Crippen LogP contribution in [-0.4, -0.2) is 27.9 Å². The van der Waals surface area contributed by atoms with E-state index in [0.717, 1.165) is 10.0 Å². The van der Waals surface area contributed by atoms with Crippen LogP contribution in [0.25, 0.3) is 0 Å². The normalized spacial score (nSPS) is 10.3. The van der Waals surface area contributed by atoms with Crippen molar-refractivity contribution in [2.45, 2.75) is 6.54 Å². The van der Waals surface area contributed by atoms with Gasteiger partial charge in [0, 0.05) is 30.2 Å². The van der Waals surface area contributed by atoms with Gasteiger partial charge in [0.25, 0.3) is 11.5 Å². The highest BCUT2D eigenvalue weighted by Gasteiger charge is 2.14. The zero-order valence-corrected chi connectivity index (χ0v) is 12.3. The number of aromatic hydroxyl groups is 1. The van der Waals surface area contributed by atoms with Crippen molar-refractivity contribution in [3.63, 3.8) is 0 Å². The van der Waals surface area contributed by atoms with E-state index in [0.29, 0.717) is 6.54 Å². The van der Waals surface area contributed by atoms with Crippen LogP contribution in [0.5, 0.6) is 5.88 Å². The summed E-state index contributed by atoms with van der Waals surface area (Å²) in [5, 5.41) is 9.32. The lowest BCUT2D eigenvalue weighted by molar-refractivity contribution is 0.0784. The van der Waals surface area contributed by atoms with Gasteiger partial charge in [-0.15, -0.1) is 0 Å². The molecule has 104 valence electrons. The molecule has 1 aromatic heterocycles. The largest absolute Gasteiger partial charge is 0.494 e. The van der Waals surface area contributed by atoms with Crippen molar-refractivity contribution in [2.24, 2.45) is 0 Å². The molecule has 0 radical (unpaired) electrons. The van der Waals surface area contributed by atoms with Crippen LogP contribution in [0.4, 0.5) is 0 Å². The fraction of sp³-hybridized carbons (Fsp3) is 0.143. The Hall–Kier alpha value is -2.08. The minimum Gasteiger partial charge on any atom is -0.494 e. The lowest BCUT2D eigenvalue weighted by atomic mass is 10.2. The number of carbonyl (C=O) groups is 1. The third-order valence-corrected chi connectivity index (χ3v) is 3.56. The van der Waals surface area contributed by atoms with Gasteiger partial charge in [0.15, 0.2) is 5.88 Å². The number of amides is 1. The Morgan fingerprint density at radius 3 is 2.70 bits per heavy atom. The molecule has 0 saturated carbocycles. The number of H-pyrrole nitrogens is 1. The van der Waals surface area contributed by atoms with Crippen LogP contribution < -0.4 is 5.56 Å². The monoisotopic (exact) mass is 336 g/mol. The summed E-state index contributed by atoms with van der Waals surface area (Å²) in [5.74, 6) is -0.655. The fourth-order valence-corrected chi connectivity index (χ4v) is 2.24. The molecule has 2 rings (SSSR count). The van der Waals surface area contributed by atoms with E-state index < -0.39 is 5.56 Å². The van der Waals surface area contributed by atoms with Gasteiger partial charge < -0.3 is 10.0 Å². The fourth-order valence-electron chi connectivity index (χ4n) is 1.83. The van der Waals surface area contributed by atoms with E-state index in [2.05, 4.69) is 20.9 Å². The van der Waals surface area contributed by atoms with Crippen LogP contribution in [0.3, 0.4) is 0 Å². The summed E-state index contributed by atoms with van der Waals surface area (Å²) in [5.41, 5.74) is 0.598. The smallest absolute Gasteiger partial charge is 0.254 e. The molecule has 0 spiro atoms. The summed E-state index contributed by atoms with van der Waals surface area (Å²) in [6.45, 7) is 0.397. The number of pyridine rings is 1. The summed E-state index contributed by atoms with van der Waals surface area (Å²) < 4.78 is 0.911. The molecule has 20 heavy (non-hydrogen) atoms. The van der Waals surface area contributed by atoms with Crippen LogP contribution in [0, 0.1) is 0 Å². The molecule has 1 aromatic carbocycles. The molecule has 6 heteroatoms. The van der Waals surface area contributed by atoms with E-state index >= 15 is 0 Å². The lowest BCUT2D eigenvalue weighted by Crippen LogP contribution is -2.27. The lowest BCUT2D eigenvalue weighted by Gasteiger charge is -2.18. The predicted molar refractivity (Wildman–Crippen MR) is 78.7 cm³/mol. The van der Waals surface area contributed by atoms with Gasteiger partial charge in [0.05, 0.1) is 5.56 Å². The van der Waals surface area contributed by atoms with Crippen molar-refractivity contribution in [3.8, 4) is 5.88 Å². The third-order valence-electron chi connectivity index (χ3n) is 2.79. The summed E-state index contributed by atoms with van der Waals surface area (Å²) in [7, 11) is 1.64. The van der Waals surface area contributed by atoms with Gasteiger partial charge in [-0.25, -0.2) is 0 Å². The Bertz CT molecular complexity index is 697. The molecule has 0 fully saturated rings. The Kier molecular flexibility index (Phi) is 4.24. The molecule has 0 aliphatic heterocycles. The second-order valence-electron chi connectivity index (χ2n) is 4.37. The Labute approximate surface area is 124 Å².